The molecule has 3 aromatic rings. The van der Waals surface area contributed by atoms with E-state index in [9.17, 15) is 9.59 Å². The largest absolute Gasteiger partial charge is 0.423 e. The van der Waals surface area contributed by atoms with E-state index in [0.29, 0.717) is 21.9 Å². The van der Waals surface area contributed by atoms with E-state index in [1.54, 1.807) is 66.7 Å². The van der Waals surface area contributed by atoms with Crippen molar-refractivity contribution in [2.45, 2.75) is 0 Å². The standard InChI is InChI=1S/C21H14ClNO3/c22-18-6-4-16(5-7-18)20(24)10-3-15-1-8-19(9-2-15)26-21(25)17-11-13-23-14-12-17/h1-14H. The first-order chi connectivity index (χ1) is 12.6. The summed E-state index contributed by atoms with van der Waals surface area (Å²) in [5, 5.41) is 0.586. The van der Waals surface area contributed by atoms with Crippen LogP contribution in [-0.2, 0) is 0 Å². The number of halogens is 1. The van der Waals surface area contributed by atoms with E-state index < -0.39 is 5.97 Å². The van der Waals surface area contributed by atoms with E-state index in [0.717, 1.165) is 5.56 Å². The molecule has 0 fully saturated rings. The minimum Gasteiger partial charge on any atom is -0.423 e. The Balaban J connectivity index is 1.63. The lowest BCUT2D eigenvalue weighted by Crippen LogP contribution is -2.08. The molecular weight excluding hydrogens is 350 g/mol. The molecule has 0 aliphatic carbocycles. The molecule has 0 bridgehead atoms. The highest BCUT2D eigenvalue weighted by atomic mass is 35.5. The molecule has 0 spiro atoms. The monoisotopic (exact) mass is 363 g/mol. The molecule has 4 nitrogen and oxygen atoms in total. The van der Waals surface area contributed by atoms with Crippen molar-refractivity contribution < 1.29 is 14.3 Å². The summed E-state index contributed by atoms with van der Waals surface area (Å²) in [5.74, 6) is -0.142. The maximum Gasteiger partial charge on any atom is 0.343 e. The normalized spacial score (nSPS) is 10.7. The van der Waals surface area contributed by atoms with Gasteiger partial charge in [-0.3, -0.25) is 9.78 Å². The fourth-order valence-electron chi connectivity index (χ4n) is 2.18. The minimum absolute atomic E-state index is 0.116. The van der Waals surface area contributed by atoms with Crippen LogP contribution in [0.5, 0.6) is 5.75 Å². The average Bonchev–Trinajstić information content (AvgIpc) is 2.68. The number of ether oxygens (including phenoxy) is 1. The molecule has 0 unspecified atom stereocenters. The molecule has 0 radical (unpaired) electrons. The fraction of sp³-hybridized carbons (Fsp3) is 0. The Morgan fingerprint density at radius 3 is 2.15 bits per heavy atom. The van der Waals surface area contributed by atoms with Crippen molar-refractivity contribution in [3.8, 4) is 5.75 Å². The molecule has 0 saturated carbocycles. The lowest BCUT2D eigenvalue weighted by atomic mass is 10.1. The summed E-state index contributed by atoms with van der Waals surface area (Å²) in [6.07, 6.45) is 6.25. The summed E-state index contributed by atoms with van der Waals surface area (Å²) < 4.78 is 5.29. The second-order valence-corrected chi connectivity index (χ2v) is 5.84. The van der Waals surface area contributed by atoms with Gasteiger partial charge in [0, 0.05) is 23.0 Å². The van der Waals surface area contributed by atoms with Gasteiger partial charge in [-0.1, -0.05) is 29.8 Å². The predicted octanol–water partition coefficient (Wildman–Crippen LogP) is 4.85. The molecule has 0 N–H and O–H groups in total. The summed E-state index contributed by atoms with van der Waals surface area (Å²) >= 11 is 5.81. The predicted molar refractivity (Wildman–Crippen MR) is 100 cm³/mol. The van der Waals surface area contributed by atoms with Crippen LogP contribution in [-0.4, -0.2) is 16.7 Å². The summed E-state index contributed by atoms with van der Waals surface area (Å²) in [4.78, 5) is 27.9. The maximum absolute atomic E-state index is 12.1. The Kier molecular flexibility index (Phi) is 5.56. The van der Waals surface area contributed by atoms with Gasteiger partial charge in [0.15, 0.2) is 5.78 Å². The molecule has 5 heteroatoms. The SMILES string of the molecule is O=C(C=Cc1ccc(OC(=O)c2ccncc2)cc1)c1ccc(Cl)cc1. The lowest BCUT2D eigenvalue weighted by Gasteiger charge is -2.04. The van der Waals surface area contributed by atoms with Crippen LogP contribution in [0.15, 0.2) is 79.1 Å². The number of hydrogen-bond acceptors (Lipinski definition) is 4. The minimum atomic E-state index is -0.450. The third-order valence-corrected chi connectivity index (χ3v) is 3.81. The third-order valence-electron chi connectivity index (χ3n) is 3.56. The number of allylic oxidation sites excluding steroid dienone is 1. The van der Waals surface area contributed by atoms with Crippen molar-refractivity contribution >= 4 is 29.4 Å². The first-order valence-electron chi connectivity index (χ1n) is 7.82. The number of benzene rings is 2. The Morgan fingerprint density at radius 1 is 0.846 bits per heavy atom. The fourth-order valence-corrected chi connectivity index (χ4v) is 2.31. The van der Waals surface area contributed by atoms with Crippen molar-refractivity contribution in [3.63, 3.8) is 0 Å². The van der Waals surface area contributed by atoms with Crippen LogP contribution in [0.25, 0.3) is 6.08 Å². The molecule has 0 amide bonds. The van der Waals surface area contributed by atoms with Gasteiger partial charge in [0.05, 0.1) is 5.56 Å². The third kappa shape index (κ3) is 4.65. The van der Waals surface area contributed by atoms with Crippen molar-refractivity contribution in [2.75, 3.05) is 0 Å². The zero-order chi connectivity index (χ0) is 18.4. The Labute approximate surface area is 155 Å². The second-order valence-electron chi connectivity index (χ2n) is 5.40. The first kappa shape index (κ1) is 17.6. The number of hydrogen-bond donors (Lipinski definition) is 0. The molecule has 0 atom stereocenters. The van der Waals surface area contributed by atoms with Gasteiger partial charge in [0.1, 0.15) is 5.75 Å². The van der Waals surface area contributed by atoms with Crippen LogP contribution >= 0.6 is 11.6 Å². The van der Waals surface area contributed by atoms with Crippen molar-refractivity contribution in [3.05, 3.63) is 101 Å². The number of carbonyl (C=O) groups is 2. The molecular formula is C21H14ClNO3. The highest BCUT2D eigenvalue weighted by Gasteiger charge is 2.07. The Hall–Kier alpha value is -3.24. The van der Waals surface area contributed by atoms with Crippen molar-refractivity contribution in [1.82, 2.24) is 4.98 Å². The van der Waals surface area contributed by atoms with Crippen LogP contribution in [0.3, 0.4) is 0 Å². The van der Waals surface area contributed by atoms with E-state index in [4.69, 9.17) is 16.3 Å². The summed E-state index contributed by atoms with van der Waals surface area (Å²) in [5.41, 5.74) is 1.81. The molecule has 3 rings (SSSR count). The molecule has 2 aromatic carbocycles. The van der Waals surface area contributed by atoms with Gasteiger partial charge >= 0.3 is 5.97 Å². The Bertz CT molecular complexity index is 933. The zero-order valence-electron chi connectivity index (χ0n) is 13.6. The van der Waals surface area contributed by atoms with E-state index in [2.05, 4.69) is 4.98 Å². The number of aromatic nitrogens is 1. The quantitative estimate of drug-likeness (QED) is 0.281. The van der Waals surface area contributed by atoms with E-state index in [1.165, 1.54) is 18.5 Å². The van der Waals surface area contributed by atoms with E-state index >= 15 is 0 Å². The smallest absolute Gasteiger partial charge is 0.343 e. The van der Waals surface area contributed by atoms with Crippen molar-refractivity contribution in [1.29, 1.82) is 0 Å². The molecule has 0 aliphatic rings. The van der Waals surface area contributed by atoms with Gasteiger partial charge in [-0.2, -0.15) is 0 Å². The highest BCUT2D eigenvalue weighted by Crippen LogP contribution is 2.16. The average molecular weight is 364 g/mol. The summed E-state index contributed by atoms with van der Waals surface area (Å²) in [7, 11) is 0. The molecule has 128 valence electrons. The van der Waals surface area contributed by atoms with Crippen LogP contribution in [0, 0.1) is 0 Å². The zero-order valence-corrected chi connectivity index (χ0v) is 14.4. The number of rotatable bonds is 5. The highest BCUT2D eigenvalue weighted by molar-refractivity contribution is 6.30. The summed E-state index contributed by atoms with van der Waals surface area (Å²) in [6.45, 7) is 0. The van der Waals surface area contributed by atoms with Crippen LogP contribution < -0.4 is 4.74 Å². The molecule has 0 aliphatic heterocycles. The number of esters is 1. The molecule has 1 aromatic heterocycles. The number of ketones is 1. The van der Waals surface area contributed by atoms with Crippen molar-refractivity contribution in [2.24, 2.45) is 0 Å². The van der Waals surface area contributed by atoms with E-state index in [-0.39, 0.29) is 5.78 Å². The van der Waals surface area contributed by atoms with Crippen LogP contribution in [0.1, 0.15) is 26.3 Å². The lowest BCUT2D eigenvalue weighted by molar-refractivity contribution is 0.0734. The van der Waals surface area contributed by atoms with Crippen LogP contribution in [0.2, 0.25) is 5.02 Å². The van der Waals surface area contributed by atoms with Crippen LogP contribution in [0.4, 0.5) is 0 Å². The second kappa shape index (κ2) is 8.23. The van der Waals surface area contributed by atoms with Gasteiger partial charge in [-0.05, 0) is 60.2 Å². The number of nitrogens with zero attached hydrogens (tertiary/aromatic N) is 1. The van der Waals surface area contributed by atoms with Gasteiger partial charge in [-0.15, -0.1) is 0 Å². The molecule has 26 heavy (non-hydrogen) atoms. The Morgan fingerprint density at radius 2 is 1.50 bits per heavy atom. The number of carbonyl (C=O) groups excluding carboxylic acids is 2. The van der Waals surface area contributed by atoms with Gasteiger partial charge in [-0.25, -0.2) is 4.79 Å². The number of pyridine rings is 1. The van der Waals surface area contributed by atoms with Gasteiger partial charge < -0.3 is 4.74 Å². The first-order valence-corrected chi connectivity index (χ1v) is 8.20. The maximum atomic E-state index is 12.1. The van der Waals surface area contributed by atoms with Gasteiger partial charge in [0.2, 0.25) is 0 Å². The van der Waals surface area contributed by atoms with E-state index in [1.807, 2.05) is 0 Å². The summed E-state index contributed by atoms with van der Waals surface area (Å²) in [6, 6.07) is 16.7. The molecule has 1 heterocycles. The topological polar surface area (TPSA) is 56.3 Å². The molecule has 0 saturated heterocycles. The van der Waals surface area contributed by atoms with Gasteiger partial charge in [0.25, 0.3) is 0 Å².